The number of hydrogen-bond donors (Lipinski definition) is 0. The average molecular weight is 481 g/mol. The van der Waals surface area contributed by atoms with Crippen molar-refractivity contribution in [2.75, 3.05) is 20.2 Å². The summed E-state index contributed by atoms with van der Waals surface area (Å²) >= 11 is 6.25. The summed E-state index contributed by atoms with van der Waals surface area (Å²) in [6, 6.07) is 15.3. The van der Waals surface area contributed by atoms with Crippen LogP contribution in [-0.4, -0.2) is 41.7 Å². The number of nitrogens with zero attached hydrogens (tertiary/aromatic N) is 2. The number of fused-ring (bicyclic) bond motifs is 4. The number of carbonyl (C=O) groups excluding carboxylic acids is 1. The zero-order chi connectivity index (χ0) is 23.9. The summed E-state index contributed by atoms with van der Waals surface area (Å²) in [5, 5.41) is 0.645. The van der Waals surface area contributed by atoms with Gasteiger partial charge in [-0.3, -0.25) is 4.79 Å². The summed E-state index contributed by atoms with van der Waals surface area (Å²) in [5.41, 5.74) is 2.21. The molecule has 34 heavy (non-hydrogen) atoms. The van der Waals surface area contributed by atoms with Crippen LogP contribution < -0.4 is 14.2 Å². The molecule has 2 aliphatic heterocycles. The predicted molar refractivity (Wildman–Crippen MR) is 132 cm³/mol. The summed E-state index contributed by atoms with van der Waals surface area (Å²) in [6.45, 7) is 5.26. The van der Waals surface area contributed by atoms with Gasteiger partial charge in [-0.1, -0.05) is 18.5 Å². The molecule has 0 unspecified atom stereocenters. The fourth-order valence-electron chi connectivity index (χ4n) is 4.80. The molecule has 0 radical (unpaired) electrons. The normalized spacial score (nSPS) is 16.9. The van der Waals surface area contributed by atoms with Crippen LogP contribution in [0, 0.1) is 0 Å². The van der Waals surface area contributed by atoms with Gasteiger partial charge in [0.15, 0.2) is 17.1 Å². The second-order valence-corrected chi connectivity index (χ2v) is 9.40. The fourth-order valence-corrected chi connectivity index (χ4v) is 4.97. The molecule has 3 aromatic rings. The lowest BCUT2D eigenvalue weighted by Gasteiger charge is -2.45. The number of likely N-dealkylation sites (tertiary alicyclic amines) is 1. The van der Waals surface area contributed by atoms with Gasteiger partial charge in [-0.05, 0) is 55.8 Å². The molecule has 0 N–H and O–H groups in total. The van der Waals surface area contributed by atoms with Crippen molar-refractivity contribution >= 4 is 17.5 Å². The smallest absolute Gasteiger partial charge is 0.253 e. The van der Waals surface area contributed by atoms with Crippen LogP contribution in [0.15, 0.2) is 54.7 Å². The Bertz CT molecular complexity index is 1210. The van der Waals surface area contributed by atoms with Crippen molar-refractivity contribution in [3.63, 3.8) is 0 Å². The highest BCUT2D eigenvalue weighted by atomic mass is 35.5. The number of hydrogen-bond acceptors (Lipinski definition) is 4. The molecular formula is C27H29ClN2O4. The van der Waals surface area contributed by atoms with Gasteiger partial charge in [-0.15, -0.1) is 0 Å². The number of halogens is 1. The van der Waals surface area contributed by atoms with Crippen LogP contribution in [0.4, 0.5) is 0 Å². The van der Waals surface area contributed by atoms with E-state index in [0.717, 1.165) is 23.6 Å². The minimum atomic E-state index is -0.482. The quantitative estimate of drug-likeness (QED) is 0.460. The largest absolute Gasteiger partial charge is 0.493 e. The molecule has 2 aromatic carbocycles. The van der Waals surface area contributed by atoms with Crippen LogP contribution in [0.3, 0.4) is 0 Å². The average Bonchev–Trinajstić information content (AvgIpc) is 3.35. The van der Waals surface area contributed by atoms with E-state index >= 15 is 0 Å². The first kappa shape index (κ1) is 22.7. The van der Waals surface area contributed by atoms with E-state index < -0.39 is 5.60 Å². The van der Waals surface area contributed by atoms with Crippen molar-refractivity contribution in [3.8, 4) is 22.9 Å². The number of amides is 1. The Balaban J connectivity index is 1.34. The van der Waals surface area contributed by atoms with Gasteiger partial charge in [0.05, 0.1) is 24.6 Å². The van der Waals surface area contributed by atoms with Gasteiger partial charge in [-0.25, -0.2) is 0 Å². The van der Waals surface area contributed by atoms with E-state index in [1.165, 1.54) is 0 Å². The number of aromatic nitrogens is 1. The number of benzene rings is 2. The Morgan fingerprint density at radius 1 is 1.15 bits per heavy atom. The van der Waals surface area contributed by atoms with E-state index in [1.807, 2.05) is 48.2 Å². The van der Waals surface area contributed by atoms with E-state index in [4.69, 9.17) is 25.8 Å². The highest BCUT2D eigenvalue weighted by molar-refractivity contribution is 6.30. The minimum Gasteiger partial charge on any atom is -0.493 e. The van der Waals surface area contributed by atoms with E-state index in [-0.39, 0.29) is 12.0 Å². The molecule has 1 saturated heterocycles. The van der Waals surface area contributed by atoms with E-state index in [0.29, 0.717) is 48.0 Å². The number of ether oxygens (including phenoxy) is 3. The molecule has 0 aliphatic carbocycles. The van der Waals surface area contributed by atoms with Crippen LogP contribution in [0.1, 0.15) is 49.2 Å². The Hall–Kier alpha value is -3.12. The van der Waals surface area contributed by atoms with Crippen LogP contribution in [0.5, 0.6) is 17.2 Å². The zero-order valence-electron chi connectivity index (χ0n) is 19.7. The molecule has 7 heteroatoms. The Morgan fingerprint density at radius 2 is 1.94 bits per heavy atom. The molecule has 178 valence electrons. The highest BCUT2D eigenvalue weighted by Crippen LogP contribution is 2.46. The first-order valence-corrected chi connectivity index (χ1v) is 12.1. The highest BCUT2D eigenvalue weighted by Gasteiger charge is 2.44. The molecule has 5 rings (SSSR count). The van der Waals surface area contributed by atoms with Gasteiger partial charge in [0.25, 0.3) is 5.91 Å². The fraction of sp³-hybridized carbons (Fsp3) is 0.370. The minimum absolute atomic E-state index is 0.0159. The van der Waals surface area contributed by atoms with Crippen LogP contribution in [-0.2, 0) is 5.60 Å². The maximum absolute atomic E-state index is 13.3. The maximum atomic E-state index is 13.3. The molecule has 1 aromatic heterocycles. The molecule has 1 amide bonds. The zero-order valence-corrected chi connectivity index (χ0v) is 20.5. The number of carbonyl (C=O) groups is 1. The molecule has 0 bridgehead atoms. The van der Waals surface area contributed by atoms with Crippen molar-refractivity contribution in [1.29, 1.82) is 0 Å². The summed E-state index contributed by atoms with van der Waals surface area (Å²) in [5.74, 6) is 1.98. The number of piperidine rings is 1. The summed E-state index contributed by atoms with van der Waals surface area (Å²) in [4.78, 5) is 15.2. The molecule has 1 atom stereocenters. The van der Waals surface area contributed by atoms with Crippen LogP contribution >= 0.6 is 11.6 Å². The third kappa shape index (κ3) is 3.90. The number of methoxy groups -OCH3 is 1. The summed E-state index contributed by atoms with van der Waals surface area (Å²) in [7, 11) is 1.59. The van der Waals surface area contributed by atoms with Gasteiger partial charge in [0.2, 0.25) is 0 Å². The lowest BCUT2D eigenvalue weighted by molar-refractivity contribution is -0.00930. The molecule has 0 saturated carbocycles. The van der Waals surface area contributed by atoms with E-state index in [1.54, 1.807) is 13.2 Å². The lowest BCUT2D eigenvalue weighted by Crippen LogP contribution is -2.50. The molecular weight excluding hydrogens is 452 g/mol. The molecule has 1 spiro atoms. The maximum Gasteiger partial charge on any atom is 0.253 e. The van der Waals surface area contributed by atoms with E-state index in [2.05, 4.69) is 23.8 Å². The third-order valence-electron chi connectivity index (χ3n) is 6.87. The molecule has 1 fully saturated rings. The van der Waals surface area contributed by atoms with Crippen molar-refractivity contribution in [2.45, 2.75) is 44.8 Å². The summed E-state index contributed by atoms with van der Waals surface area (Å²) < 4.78 is 20.2. The molecule has 3 heterocycles. The second kappa shape index (κ2) is 8.91. The van der Waals surface area contributed by atoms with Gasteiger partial charge >= 0.3 is 0 Å². The Labute approximate surface area is 205 Å². The Morgan fingerprint density at radius 3 is 2.68 bits per heavy atom. The molecule has 2 aliphatic rings. The van der Waals surface area contributed by atoms with Gasteiger partial charge < -0.3 is 23.7 Å². The topological polar surface area (TPSA) is 52.9 Å². The van der Waals surface area contributed by atoms with Gasteiger partial charge in [-0.2, -0.15) is 0 Å². The van der Waals surface area contributed by atoms with Gasteiger partial charge in [0.1, 0.15) is 5.75 Å². The summed E-state index contributed by atoms with van der Waals surface area (Å²) in [6.07, 6.45) is 4.41. The second-order valence-electron chi connectivity index (χ2n) is 8.97. The monoisotopic (exact) mass is 480 g/mol. The van der Waals surface area contributed by atoms with Gasteiger partial charge in [0, 0.05) is 48.8 Å². The SMILES string of the molecule is CC[C@@H](C)Oc1ccc(C(=O)N2CCC3(CC2)Oc2cc(Cl)ccc2-n2cccc23)cc1OC. The van der Waals surface area contributed by atoms with Crippen molar-refractivity contribution in [3.05, 3.63) is 71.0 Å². The molecule has 6 nitrogen and oxygen atoms in total. The van der Waals surface area contributed by atoms with E-state index in [9.17, 15) is 4.79 Å². The predicted octanol–water partition coefficient (Wildman–Crippen LogP) is 5.84. The third-order valence-corrected chi connectivity index (χ3v) is 7.11. The standard InChI is InChI=1S/C27H29ClN2O4/c1-4-18(2)33-22-10-7-19(16-24(22)32-3)26(31)29-14-11-27(12-15-29)25-6-5-13-30(25)21-9-8-20(28)17-23(21)34-27/h5-10,13,16-18H,4,11-12,14-15H2,1-3H3/t18-/m1/s1. The first-order chi connectivity index (χ1) is 16.4. The van der Waals surface area contributed by atoms with Crippen LogP contribution in [0.2, 0.25) is 5.02 Å². The van der Waals surface area contributed by atoms with Crippen LogP contribution in [0.25, 0.3) is 5.69 Å². The lowest BCUT2D eigenvalue weighted by atomic mass is 9.86. The van der Waals surface area contributed by atoms with Crippen molar-refractivity contribution in [1.82, 2.24) is 9.47 Å². The van der Waals surface area contributed by atoms with Crippen molar-refractivity contribution < 1.29 is 19.0 Å². The van der Waals surface area contributed by atoms with Crippen molar-refractivity contribution in [2.24, 2.45) is 0 Å². The Kier molecular flexibility index (Phi) is 5.94. The first-order valence-electron chi connectivity index (χ1n) is 11.7. The number of rotatable bonds is 5.